The van der Waals surface area contributed by atoms with E-state index in [1.54, 1.807) is 6.07 Å². The van der Waals surface area contributed by atoms with E-state index >= 15 is 0 Å². The fourth-order valence-electron chi connectivity index (χ4n) is 1.21. The van der Waals surface area contributed by atoms with Crippen molar-refractivity contribution in [3.8, 4) is 0 Å². The number of nitrogens with two attached hydrogens (primary N) is 1. The summed E-state index contributed by atoms with van der Waals surface area (Å²) in [5.74, 6) is 0. The lowest BCUT2D eigenvalue weighted by atomic mass is 10.0. The Balaban J connectivity index is 0.00000144. The molecule has 74 valence electrons. The van der Waals surface area contributed by atoms with E-state index in [1.807, 2.05) is 19.1 Å². The number of aliphatic hydroxyl groups is 1. The highest BCUT2D eigenvalue weighted by atomic mass is 35.5. The van der Waals surface area contributed by atoms with Crippen molar-refractivity contribution in [2.24, 2.45) is 5.73 Å². The van der Waals surface area contributed by atoms with Gasteiger partial charge in [0.1, 0.15) is 0 Å². The van der Waals surface area contributed by atoms with Crippen molar-refractivity contribution >= 4 is 24.0 Å². The van der Waals surface area contributed by atoms with E-state index in [0.717, 1.165) is 11.1 Å². The zero-order valence-corrected chi connectivity index (χ0v) is 8.90. The molecule has 0 amide bonds. The Bertz CT molecular complexity index is 258. The Kier molecular flexibility index (Phi) is 5.33. The van der Waals surface area contributed by atoms with Crippen LogP contribution in [0.15, 0.2) is 18.2 Å². The van der Waals surface area contributed by atoms with E-state index in [9.17, 15) is 0 Å². The van der Waals surface area contributed by atoms with Gasteiger partial charge in [-0.15, -0.1) is 12.4 Å². The maximum absolute atomic E-state index is 8.85. The van der Waals surface area contributed by atoms with Crippen LogP contribution in [0.3, 0.4) is 0 Å². The molecule has 4 heteroatoms. The van der Waals surface area contributed by atoms with Crippen molar-refractivity contribution in [1.29, 1.82) is 0 Å². The highest BCUT2D eigenvalue weighted by molar-refractivity contribution is 6.31. The first-order valence-electron chi connectivity index (χ1n) is 3.78. The minimum atomic E-state index is -0.376. The number of halogens is 2. The Morgan fingerprint density at radius 2 is 2.15 bits per heavy atom. The lowest BCUT2D eigenvalue weighted by molar-refractivity contribution is 0.267. The molecule has 2 nitrogen and oxygen atoms in total. The van der Waals surface area contributed by atoms with Gasteiger partial charge in [-0.25, -0.2) is 0 Å². The van der Waals surface area contributed by atoms with Crippen LogP contribution in [0, 0.1) is 6.92 Å². The third-order valence-corrected chi connectivity index (χ3v) is 2.17. The van der Waals surface area contributed by atoms with Crippen LogP contribution in [-0.2, 0) is 0 Å². The summed E-state index contributed by atoms with van der Waals surface area (Å²) in [5, 5.41) is 9.48. The molecule has 1 atom stereocenters. The summed E-state index contributed by atoms with van der Waals surface area (Å²) >= 11 is 5.91. The van der Waals surface area contributed by atoms with E-state index in [4.69, 9.17) is 22.4 Å². The van der Waals surface area contributed by atoms with Gasteiger partial charge in [-0.05, 0) is 24.1 Å². The van der Waals surface area contributed by atoms with Gasteiger partial charge >= 0.3 is 0 Å². The van der Waals surface area contributed by atoms with Crippen LogP contribution in [0.2, 0.25) is 5.02 Å². The third kappa shape index (κ3) is 2.85. The lowest BCUT2D eigenvalue weighted by Crippen LogP contribution is -2.16. The van der Waals surface area contributed by atoms with Crippen LogP contribution >= 0.6 is 24.0 Å². The molecule has 13 heavy (non-hydrogen) atoms. The average molecular weight is 222 g/mol. The molecule has 0 fully saturated rings. The minimum Gasteiger partial charge on any atom is -0.394 e. The second-order valence-corrected chi connectivity index (χ2v) is 3.17. The Hall–Kier alpha value is -0.280. The molecular weight excluding hydrogens is 209 g/mol. The van der Waals surface area contributed by atoms with Gasteiger partial charge < -0.3 is 10.8 Å². The van der Waals surface area contributed by atoms with Crippen molar-refractivity contribution < 1.29 is 5.11 Å². The number of hydrogen-bond donors (Lipinski definition) is 2. The molecule has 0 spiro atoms. The molecule has 1 aromatic rings. The van der Waals surface area contributed by atoms with Crippen LogP contribution in [0.25, 0.3) is 0 Å². The molecule has 0 aromatic heterocycles. The molecule has 3 N–H and O–H groups in total. The minimum absolute atomic E-state index is 0. The van der Waals surface area contributed by atoms with E-state index < -0.39 is 0 Å². The van der Waals surface area contributed by atoms with Gasteiger partial charge in [0.25, 0.3) is 0 Å². The predicted molar refractivity (Wildman–Crippen MR) is 57.5 cm³/mol. The summed E-state index contributed by atoms with van der Waals surface area (Å²) in [6, 6.07) is 5.19. The van der Waals surface area contributed by atoms with Gasteiger partial charge in [0.05, 0.1) is 12.6 Å². The monoisotopic (exact) mass is 221 g/mol. The molecule has 1 aromatic carbocycles. The van der Waals surface area contributed by atoms with E-state index in [1.165, 1.54) is 0 Å². The van der Waals surface area contributed by atoms with E-state index in [2.05, 4.69) is 0 Å². The predicted octanol–water partition coefficient (Wildman–Crippen LogP) is 2.06. The highest BCUT2D eigenvalue weighted by Crippen LogP contribution is 2.24. The highest BCUT2D eigenvalue weighted by Gasteiger charge is 2.10. The first-order valence-corrected chi connectivity index (χ1v) is 4.16. The molecule has 0 saturated heterocycles. The number of benzene rings is 1. The Morgan fingerprint density at radius 1 is 1.54 bits per heavy atom. The molecule has 0 unspecified atom stereocenters. The molecular formula is C9H13Cl2NO. The summed E-state index contributed by atoms with van der Waals surface area (Å²) in [6.07, 6.45) is 0. The number of rotatable bonds is 2. The van der Waals surface area contributed by atoms with Gasteiger partial charge in [0.15, 0.2) is 0 Å². The molecule has 0 bridgehead atoms. The van der Waals surface area contributed by atoms with Crippen LogP contribution in [0.5, 0.6) is 0 Å². The van der Waals surface area contributed by atoms with Crippen molar-refractivity contribution in [1.82, 2.24) is 0 Å². The van der Waals surface area contributed by atoms with Gasteiger partial charge in [-0.1, -0.05) is 23.7 Å². The van der Waals surface area contributed by atoms with Gasteiger partial charge in [-0.3, -0.25) is 0 Å². The molecule has 0 aliphatic heterocycles. The molecule has 0 heterocycles. The zero-order chi connectivity index (χ0) is 9.14. The lowest BCUT2D eigenvalue weighted by Gasteiger charge is -2.13. The first kappa shape index (κ1) is 12.7. The Morgan fingerprint density at radius 3 is 2.62 bits per heavy atom. The van der Waals surface area contributed by atoms with Crippen LogP contribution in [0.4, 0.5) is 0 Å². The summed E-state index contributed by atoms with van der Waals surface area (Å²) in [7, 11) is 0. The fourth-order valence-corrected chi connectivity index (χ4v) is 1.57. The smallest absolute Gasteiger partial charge is 0.0625 e. The maximum atomic E-state index is 8.85. The normalized spacial score (nSPS) is 12.0. The van der Waals surface area contributed by atoms with Crippen molar-refractivity contribution in [2.45, 2.75) is 13.0 Å². The van der Waals surface area contributed by atoms with Gasteiger partial charge in [0.2, 0.25) is 0 Å². The number of aliphatic hydroxyl groups excluding tert-OH is 1. The van der Waals surface area contributed by atoms with Crippen molar-refractivity contribution in [3.63, 3.8) is 0 Å². The fraction of sp³-hybridized carbons (Fsp3) is 0.333. The van der Waals surface area contributed by atoms with Crippen LogP contribution in [-0.4, -0.2) is 11.7 Å². The maximum Gasteiger partial charge on any atom is 0.0625 e. The summed E-state index contributed by atoms with van der Waals surface area (Å²) in [4.78, 5) is 0. The molecule has 0 radical (unpaired) electrons. The SMILES string of the molecule is Cc1cccc(Cl)c1[C@@H](N)CO.Cl. The standard InChI is InChI=1S/C9H12ClNO.ClH/c1-6-3-2-4-7(10)9(6)8(11)5-12;/h2-4,8,12H,5,11H2,1H3;1H/t8-;/m0./s1. The summed E-state index contributed by atoms with van der Waals surface area (Å²) in [5.41, 5.74) is 7.51. The van der Waals surface area contributed by atoms with Crippen molar-refractivity contribution in [3.05, 3.63) is 34.3 Å². The topological polar surface area (TPSA) is 46.2 Å². The largest absolute Gasteiger partial charge is 0.394 e. The van der Waals surface area contributed by atoms with Gasteiger partial charge in [0, 0.05) is 5.02 Å². The van der Waals surface area contributed by atoms with Crippen LogP contribution in [0.1, 0.15) is 17.2 Å². The summed E-state index contributed by atoms with van der Waals surface area (Å²) < 4.78 is 0. The van der Waals surface area contributed by atoms with Gasteiger partial charge in [-0.2, -0.15) is 0 Å². The molecule has 0 aliphatic rings. The van der Waals surface area contributed by atoms with E-state index in [0.29, 0.717) is 5.02 Å². The van der Waals surface area contributed by atoms with E-state index in [-0.39, 0.29) is 25.1 Å². The average Bonchev–Trinajstić information content (AvgIpc) is 2.03. The van der Waals surface area contributed by atoms with Crippen LogP contribution < -0.4 is 5.73 Å². The number of hydrogen-bond acceptors (Lipinski definition) is 2. The first-order chi connectivity index (χ1) is 5.66. The molecule has 0 saturated carbocycles. The zero-order valence-electron chi connectivity index (χ0n) is 7.33. The summed E-state index contributed by atoms with van der Waals surface area (Å²) in [6.45, 7) is 1.85. The third-order valence-electron chi connectivity index (χ3n) is 1.84. The molecule has 0 aliphatic carbocycles. The van der Waals surface area contributed by atoms with Crippen molar-refractivity contribution in [2.75, 3.05) is 6.61 Å². The Labute approximate surface area is 89.1 Å². The number of aryl methyl sites for hydroxylation is 1. The quantitative estimate of drug-likeness (QED) is 0.804. The second kappa shape index (κ2) is 5.45. The second-order valence-electron chi connectivity index (χ2n) is 2.76. The molecule has 1 rings (SSSR count).